The first-order valence-corrected chi connectivity index (χ1v) is 6.32. The van der Waals surface area contributed by atoms with E-state index in [1.54, 1.807) is 0 Å². The van der Waals surface area contributed by atoms with Crippen LogP contribution in [-0.4, -0.2) is 24.9 Å². The molecule has 1 aliphatic rings. The van der Waals surface area contributed by atoms with Gasteiger partial charge in [0.1, 0.15) is 12.4 Å². The highest BCUT2D eigenvalue weighted by molar-refractivity contribution is 5.39. The van der Waals surface area contributed by atoms with Gasteiger partial charge in [0, 0.05) is 6.61 Å². The summed E-state index contributed by atoms with van der Waals surface area (Å²) >= 11 is 0. The quantitative estimate of drug-likeness (QED) is 0.771. The van der Waals surface area contributed by atoms with Crippen molar-refractivity contribution in [2.45, 2.75) is 32.3 Å². The first kappa shape index (κ1) is 12.4. The van der Waals surface area contributed by atoms with Crippen molar-refractivity contribution in [3.8, 4) is 5.75 Å². The van der Waals surface area contributed by atoms with Crippen LogP contribution < -0.4 is 4.74 Å². The molecule has 0 aromatic heterocycles. The van der Waals surface area contributed by atoms with Gasteiger partial charge in [0.2, 0.25) is 0 Å². The van der Waals surface area contributed by atoms with Crippen LogP contribution in [0.2, 0.25) is 0 Å². The van der Waals surface area contributed by atoms with Crippen LogP contribution >= 0.6 is 0 Å². The maximum atomic E-state index is 9.68. The van der Waals surface area contributed by atoms with E-state index in [1.807, 2.05) is 18.2 Å². The van der Waals surface area contributed by atoms with Gasteiger partial charge < -0.3 is 14.6 Å². The average Bonchev–Trinajstić information content (AvgIpc) is 2.71. The summed E-state index contributed by atoms with van der Waals surface area (Å²) in [6.45, 7) is 4.10. The Labute approximate surface area is 102 Å². The van der Waals surface area contributed by atoms with Crippen molar-refractivity contribution >= 4 is 0 Å². The van der Waals surface area contributed by atoms with Gasteiger partial charge in [0.15, 0.2) is 0 Å². The Hall–Kier alpha value is -1.06. The third kappa shape index (κ3) is 3.20. The SMILES string of the molecule is CCCOCCOc1ccc2c(c1)CC[C@H]2O. The molecule has 0 amide bonds. The maximum absolute atomic E-state index is 9.68. The average molecular weight is 236 g/mol. The predicted molar refractivity (Wildman–Crippen MR) is 66.3 cm³/mol. The molecule has 1 aromatic rings. The lowest BCUT2D eigenvalue weighted by atomic mass is 10.1. The van der Waals surface area contributed by atoms with Crippen molar-refractivity contribution in [1.82, 2.24) is 0 Å². The zero-order valence-corrected chi connectivity index (χ0v) is 10.3. The highest BCUT2D eigenvalue weighted by atomic mass is 16.5. The first-order chi connectivity index (χ1) is 8.31. The minimum absolute atomic E-state index is 0.285. The molecule has 1 atom stereocenters. The molecule has 1 aromatic carbocycles. The van der Waals surface area contributed by atoms with Gasteiger partial charge in [-0.1, -0.05) is 13.0 Å². The van der Waals surface area contributed by atoms with Crippen molar-refractivity contribution in [3.63, 3.8) is 0 Å². The highest BCUT2D eigenvalue weighted by Gasteiger charge is 2.20. The maximum Gasteiger partial charge on any atom is 0.119 e. The Bertz CT molecular complexity index is 362. The highest BCUT2D eigenvalue weighted by Crippen LogP contribution is 2.33. The van der Waals surface area contributed by atoms with Crippen LogP contribution in [0.5, 0.6) is 5.75 Å². The summed E-state index contributed by atoms with van der Waals surface area (Å²) in [5.41, 5.74) is 2.27. The van der Waals surface area contributed by atoms with Crippen LogP contribution in [0.15, 0.2) is 18.2 Å². The molecule has 94 valence electrons. The Balaban J connectivity index is 1.82. The number of aliphatic hydroxyl groups is 1. The van der Waals surface area contributed by atoms with Gasteiger partial charge in [-0.2, -0.15) is 0 Å². The molecule has 0 fully saturated rings. The second-order valence-electron chi connectivity index (χ2n) is 4.38. The second kappa shape index (κ2) is 6.03. The summed E-state index contributed by atoms with van der Waals surface area (Å²) in [6.07, 6.45) is 2.53. The topological polar surface area (TPSA) is 38.7 Å². The van der Waals surface area contributed by atoms with Crippen LogP contribution in [0.4, 0.5) is 0 Å². The number of benzene rings is 1. The summed E-state index contributed by atoms with van der Waals surface area (Å²) in [7, 11) is 0. The van der Waals surface area contributed by atoms with E-state index in [9.17, 15) is 5.11 Å². The van der Waals surface area contributed by atoms with Crippen molar-refractivity contribution in [1.29, 1.82) is 0 Å². The van der Waals surface area contributed by atoms with Crippen LogP contribution in [0, 0.1) is 0 Å². The number of fused-ring (bicyclic) bond motifs is 1. The Morgan fingerprint density at radius 3 is 3.00 bits per heavy atom. The number of aryl methyl sites for hydroxylation is 1. The van der Waals surface area contributed by atoms with E-state index >= 15 is 0 Å². The van der Waals surface area contributed by atoms with Crippen LogP contribution in [-0.2, 0) is 11.2 Å². The Kier molecular flexibility index (Phi) is 4.40. The molecule has 0 heterocycles. The van der Waals surface area contributed by atoms with Crippen LogP contribution in [0.1, 0.15) is 37.0 Å². The minimum atomic E-state index is -0.285. The lowest BCUT2D eigenvalue weighted by Gasteiger charge is -2.09. The standard InChI is InChI=1S/C14H20O3/c1-2-7-16-8-9-17-12-4-5-13-11(10-12)3-6-14(13)15/h4-5,10,14-15H,2-3,6-9H2,1H3/t14-/m1/s1. The van der Waals surface area contributed by atoms with Gasteiger partial charge in [-0.15, -0.1) is 0 Å². The van der Waals surface area contributed by atoms with E-state index in [2.05, 4.69) is 6.92 Å². The van der Waals surface area contributed by atoms with Crippen molar-refractivity contribution in [2.24, 2.45) is 0 Å². The van der Waals surface area contributed by atoms with E-state index in [4.69, 9.17) is 9.47 Å². The summed E-state index contributed by atoms with van der Waals surface area (Å²) in [5.74, 6) is 0.873. The van der Waals surface area contributed by atoms with E-state index in [-0.39, 0.29) is 6.10 Å². The van der Waals surface area contributed by atoms with E-state index in [0.29, 0.717) is 13.2 Å². The normalized spacial score (nSPS) is 18.1. The minimum Gasteiger partial charge on any atom is -0.491 e. The van der Waals surface area contributed by atoms with Gasteiger partial charge in [0.05, 0.1) is 12.7 Å². The molecule has 0 radical (unpaired) electrons. The molecular weight excluding hydrogens is 216 g/mol. The Morgan fingerprint density at radius 1 is 1.29 bits per heavy atom. The zero-order valence-electron chi connectivity index (χ0n) is 10.3. The number of aliphatic hydroxyl groups excluding tert-OH is 1. The third-order valence-electron chi connectivity index (χ3n) is 3.01. The lowest BCUT2D eigenvalue weighted by molar-refractivity contribution is 0.101. The van der Waals surface area contributed by atoms with Crippen LogP contribution in [0.3, 0.4) is 0 Å². The summed E-state index contributed by atoms with van der Waals surface area (Å²) in [6, 6.07) is 5.92. The fourth-order valence-corrected chi connectivity index (χ4v) is 2.13. The summed E-state index contributed by atoms with van der Waals surface area (Å²) in [5, 5.41) is 9.68. The molecule has 0 saturated carbocycles. The smallest absolute Gasteiger partial charge is 0.119 e. The molecule has 2 rings (SSSR count). The number of hydrogen-bond donors (Lipinski definition) is 1. The molecule has 0 saturated heterocycles. The van der Waals surface area contributed by atoms with Gasteiger partial charge in [-0.3, -0.25) is 0 Å². The van der Waals surface area contributed by atoms with Gasteiger partial charge in [-0.05, 0) is 42.5 Å². The predicted octanol–water partition coefficient (Wildman–Crippen LogP) is 2.47. The van der Waals surface area contributed by atoms with E-state index in [1.165, 1.54) is 5.56 Å². The molecule has 0 aliphatic heterocycles. The van der Waals surface area contributed by atoms with Crippen molar-refractivity contribution < 1.29 is 14.6 Å². The molecule has 3 heteroatoms. The van der Waals surface area contributed by atoms with Crippen LogP contribution in [0.25, 0.3) is 0 Å². The number of hydrogen-bond acceptors (Lipinski definition) is 3. The largest absolute Gasteiger partial charge is 0.491 e. The van der Waals surface area contributed by atoms with Gasteiger partial charge in [-0.25, -0.2) is 0 Å². The third-order valence-corrected chi connectivity index (χ3v) is 3.01. The molecule has 3 nitrogen and oxygen atoms in total. The fourth-order valence-electron chi connectivity index (χ4n) is 2.13. The molecule has 1 N–H and O–H groups in total. The zero-order chi connectivity index (χ0) is 12.1. The van der Waals surface area contributed by atoms with Crippen molar-refractivity contribution in [2.75, 3.05) is 19.8 Å². The monoisotopic (exact) mass is 236 g/mol. The molecule has 0 unspecified atom stereocenters. The number of ether oxygens (including phenoxy) is 2. The van der Waals surface area contributed by atoms with Gasteiger partial charge >= 0.3 is 0 Å². The first-order valence-electron chi connectivity index (χ1n) is 6.32. The summed E-state index contributed by atoms with van der Waals surface area (Å²) in [4.78, 5) is 0. The molecule has 1 aliphatic carbocycles. The molecule has 17 heavy (non-hydrogen) atoms. The summed E-state index contributed by atoms with van der Waals surface area (Å²) < 4.78 is 11.0. The fraction of sp³-hybridized carbons (Fsp3) is 0.571. The van der Waals surface area contributed by atoms with E-state index < -0.39 is 0 Å². The second-order valence-corrected chi connectivity index (χ2v) is 4.38. The molecule has 0 bridgehead atoms. The van der Waals surface area contributed by atoms with Crippen molar-refractivity contribution in [3.05, 3.63) is 29.3 Å². The van der Waals surface area contributed by atoms with Gasteiger partial charge in [0.25, 0.3) is 0 Å². The van der Waals surface area contributed by atoms with E-state index in [0.717, 1.165) is 37.2 Å². The number of rotatable bonds is 6. The molecular formula is C14H20O3. The Morgan fingerprint density at radius 2 is 2.18 bits per heavy atom. The lowest BCUT2D eigenvalue weighted by Crippen LogP contribution is -2.07. The molecule has 0 spiro atoms.